The average Bonchev–Trinajstić information content (AvgIpc) is 2.25. The van der Waals surface area contributed by atoms with Gasteiger partial charge in [-0.3, -0.25) is 0 Å². The zero-order chi connectivity index (χ0) is 11.5. The lowest BCUT2D eigenvalue weighted by molar-refractivity contribution is 1.28. The molecule has 3 heteroatoms. The number of nitrogens with two attached hydrogens (primary N) is 1. The maximum absolute atomic E-state index is 5.70. The summed E-state index contributed by atoms with van der Waals surface area (Å²) in [7, 11) is 0. The standard InChI is InChI=1S/C13H15N3/c1-9-4-3-5-12(10(9)2)16-13-8-11(14)6-7-15-13/h3-8H,1-2H3,(H3,14,15,16). The Bertz CT molecular complexity index is 506. The highest BCUT2D eigenvalue weighted by Crippen LogP contribution is 2.22. The summed E-state index contributed by atoms with van der Waals surface area (Å²) in [6.07, 6.45) is 1.70. The Kier molecular flexibility index (Phi) is 2.77. The molecule has 1 aromatic carbocycles. The molecule has 0 aliphatic heterocycles. The molecule has 3 N–H and O–H groups in total. The van der Waals surface area contributed by atoms with Crippen molar-refractivity contribution in [3.8, 4) is 0 Å². The molecule has 0 amide bonds. The van der Waals surface area contributed by atoms with Crippen molar-refractivity contribution in [2.24, 2.45) is 0 Å². The molecule has 0 atom stereocenters. The third-order valence-corrected chi connectivity index (χ3v) is 2.65. The smallest absolute Gasteiger partial charge is 0.132 e. The van der Waals surface area contributed by atoms with E-state index in [0.29, 0.717) is 5.69 Å². The van der Waals surface area contributed by atoms with Gasteiger partial charge in [0.2, 0.25) is 0 Å². The van der Waals surface area contributed by atoms with E-state index < -0.39 is 0 Å². The third kappa shape index (κ3) is 2.14. The van der Waals surface area contributed by atoms with Gasteiger partial charge in [-0.1, -0.05) is 12.1 Å². The molecule has 16 heavy (non-hydrogen) atoms. The van der Waals surface area contributed by atoms with Crippen LogP contribution in [0.2, 0.25) is 0 Å². The molecule has 0 spiro atoms. The second kappa shape index (κ2) is 4.23. The zero-order valence-electron chi connectivity index (χ0n) is 9.49. The van der Waals surface area contributed by atoms with Gasteiger partial charge in [-0.25, -0.2) is 4.98 Å². The van der Waals surface area contributed by atoms with Gasteiger partial charge in [-0.15, -0.1) is 0 Å². The van der Waals surface area contributed by atoms with Crippen molar-refractivity contribution in [2.45, 2.75) is 13.8 Å². The van der Waals surface area contributed by atoms with Gasteiger partial charge in [0, 0.05) is 23.6 Å². The quantitative estimate of drug-likeness (QED) is 0.806. The van der Waals surface area contributed by atoms with Gasteiger partial charge in [-0.2, -0.15) is 0 Å². The topological polar surface area (TPSA) is 50.9 Å². The van der Waals surface area contributed by atoms with Gasteiger partial charge in [-0.05, 0) is 37.1 Å². The SMILES string of the molecule is Cc1cccc(Nc2cc(N)ccn2)c1C. The van der Waals surface area contributed by atoms with Crippen LogP contribution < -0.4 is 11.1 Å². The van der Waals surface area contributed by atoms with Crippen LogP contribution in [0.3, 0.4) is 0 Å². The van der Waals surface area contributed by atoms with E-state index >= 15 is 0 Å². The summed E-state index contributed by atoms with van der Waals surface area (Å²) in [4.78, 5) is 4.21. The highest BCUT2D eigenvalue weighted by atomic mass is 15.0. The molecule has 0 fully saturated rings. The Morgan fingerprint density at radius 2 is 2.00 bits per heavy atom. The lowest BCUT2D eigenvalue weighted by Crippen LogP contribution is -1.97. The molecule has 3 nitrogen and oxygen atoms in total. The maximum Gasteiger partial charge on any atom is 0.132 e. The minimum absolute atomic E-state index is 0.711. The number of hydrogen-bond acceptors (Lipinski definition) is 3. The summed E-state index contributed by atoms with van der Waals surface area (Å²) in [5.41, 5.74) is 9.97. The highest BCUT2D eigenvalue weighted by molar-refractivity contribution is 5.63. The molecule has 0 unspecified atom stereocenters. The van der Waals surface area contributed by atoms with E-state index in [-0.39, 0.29) is 0 Å². The largest absolute Gasteiger partial charge is 0.399 e. The van der Waals surface area contributed by atoms with Crippen molar-refractivity contribution in [1.82, 2.24) is 4.98 Å². The van der Waals surface area contributed by atoms with Crippen LogP contribution in [0, 0.1) is 13.8 Å². The number of nitrogens with one attached hydrogen (secondary N) is 1. The Morgan fingerprint density at radius 3 is 2.75 bits per heavy atom. The number of benzene rings is 1. The number of aryl methyl sites for hydroxylation is 1. The Labute approximate surface area is 95.3 Å². The molecule has 0 bridgehead atoms. The average molecular weight is 213 g/mol. The van der Waals surface area contributed by atoms with E-state index in [0.717, 1.165) is 11.5 Å². The second-order valence-electron chi connectivity index (χ2n) is 3.85. The number of anilines is 3. The molecule has 1 heterocycles. The highest BCUT2D eigenvalue weighted by Gasteiger charge is 2.01. The Morgan fingerprint density at radius 1 is 1.19 bits per heavy atom. The lowest BCUT2D eigenvalue weighted by atomic mass is 10.1. The summed E-state index contributed by atoms with van der Waals surface area (Å²) in [6, 6.07) is 9.74. The molecule has 0 radical (unpaired) electrons. The van der Waals surface area contributed by atoms with Crippen LogP contribution in [0.5, 0.6) is 0 Å². The van der Waals surface area contributed by atoms with Gasteiger partial charge in [0.15, 0.2) is 0 Å². The molecule has 2 aromatic rings. The number of rotatable bonds is 2. The third-order valence-electron chi connectivity index (χ3n) is 2.65. The van der Waals surface area contributed by atoms with E-state index in [9.17, 15) is 0 Å². The minimum Gasteiger partial charge on any atom is -0.399 e. The predicted molar refractivity (Wildman–Crippen MR) is 67.8 cm³/mol. The predicted octanol–water partition coefficient (Wildman–Crippen LogP) is 3.02. The van der Waals surface area contributed by atoms with Crippen LogP contribution in [0.15, 0.2) is 36.5 Å². The number of aromatic nitrogens is 1. The molecular weight excluding hydrogens is 198 g/mol. The van der Waals surface area contributed by atoms with Gasteiger partial charge >= 0.3 is 0 Å². The molecule has 2 rings (SSSR count). The summed E-state index contributed by atoms with van der Waals surface area (Å²) in [5, 5.41) is 3.26. The molecule has 0 saturated carbocycles. The van der Waals surface area contributed by atoms with Crippen molar-refractivity contribution in [3.63, 3.8) is 0 Å². The summed E-state index contributed by atoms with van der Waals surface area (Å²) < 4.78 is 0. The fraction of sp³-hybridized carbons (Fsp3) is 0.154. The van der Waals surface area contributed by atoms with Crippen molar-refractivity contribution in [3.05, 3.63) is 47.7 Å². The van der Waals surface area contributed by atoms with Crippen LogP contribution >= 0.6 is 0 Å². The molecule has 0 aliphatic rings. The Hall–Kier alpha value is -2.03. The molecule has 1 aromatic heterocycles. The van der Waals surface area contributed by atoms with E-state index in [1.165, 1.54) is 11.1 Å². The summed E-state index contributed by atoms with van der Waals surface area (Å²) >= 11 is 0. The summed E-state index contributed by atoms with van der Waals surface area (Å²) in [6.45, 7) is 4.18. The first kappa shape index (κ1) is 10.5. The Balaban J connectivity index is 2.31. The van der Waals surface area contributed by atoms with Crippen molar-refractivity contribution in [2.75, 3.05) is 11.1 Å². The van der Waals surface area contributed by atoms with E-state index in [2.05, 4.69) is 30.2 Å². The molecule has 0 aliphatic carbocycles. The normalized spacial score (nSPS) is 10.1. The summed E-state index contributed by atoms with van der Waals surface area (Å²) in [5.74, 6) is 0.772. The molecule has 0 saturated heterocycles. The molecular formula is C13H15N3. The first-order valence-electron chi connectivity index (χ1n) is 5.21. The van der Waals surface area contributed by atoms with Gasteiger partial charge in [0.05, 0.1) is 0 Å². The van der Waals surface area contributed by atoms with Crippen LogP contribution in [-0.4, -0.2) is 4.98 Å². The van der Waals surface area contributed by atoms with Gasteiger partial charge < -0.3 is 11.1 Å². The lowest BCUT2D eigenvalue weighted by Gasteiger charge is -2.10. The van der Waals surface area contributed by atoms with Gasteiger partial charge in [0.1, 0.15) is 5.82 Å². The number of nitrogens with zero attached hydrogens (tertiary/aromatic N) is 1. The first-order valence-corrected chi connectivity index (χ1v) is 5.21. The zero-order valence-corrected chi connectivity index (χ0v) is 9.49. The van der Waals surface area contributed by atoms with Crippen molar-refractivity contribution >= 4 is 17.2 Å². The number of nitrogen functional groups attached to an aromatic ring is 1. The van der Waals surface area contributed by atoms with Gasteiger partial charge in [0.25, 0.3) is 0 Å². The fourth-order valence-electron chi connectivity index (χ4n) is 1.54. The minimum atomic E-state index is 0.711. The first-order chi connectivity index (χ1) is 7.66. The van der Waals surface area contributed by atoms with Crippen molar-refractivity contribution < 1.29 is 0 Å². The van der Waals surface area contributed by atoms with Crippen LogP contribution in [0.4, 0.5) is 17.2 Å². The van der Waals surface area contributed by atoms with E-state index in [1.807, 2.05) is 18.2 Å². The maximum atomic E-state index is 5.70. The van der Waals surface area contributed by atoms with Crippen LogP contribution in [-0.2, 0) is 0 Å². The fourth-order valence-corrected chi connectivity index (χ4v) is 1.54. The monoisotopic (exact) mass is 213 g/mol. The second-order valence-corrected chi connectivity index (χ2v) is 3.85. The van der Waals surface area contributed by atoms with Crippen LogP contribution in [0.25, 0.3) is 0 Å². The van der Waals surface area contributed by atoms with Crippen LogP contribution in [0.1, 0.15) is 11.1 Å². The number of hydrogen-bond donors (Lipinski definition) is 2. The number of pyridine rings is 1. The van der Waals surface area contributed by atoms with Crippen molar-refractivity contribution in [1.29, 1.82) is 0 Å². The molecule has 82 valence electrons. The van der Waals surface area contributed by atoms with E-state index in [4.69, 9.17) is 5.73 Å². The van der Waals surface area contributed by atoms with E-state index in [1.54, 1.807) is 12.3 Å².